The van der Waals surface area contributed by atoms with Crippen molar-refractivity contribution in [3.63, 3.8) is 0 Å². The highest BCUT2D eigenvalue weighted by molar-refractivity contribution is 5.90. The van der Waals surface area contributed by atoms with Crippen LogP contribution in [0, 0.1) is 46.4 Å². The average Bonchev–Trinajstić information content (AvgIpc) is 2.89. The molecule has 3 aliphatic rings. The van der Waals surface area contributed by atoms with E-state index in [-0.39, 0.29) is 0 Å². The Morgan fingerprint density at radius 3 is 1.00 bits per heavy atom. The molecule has 202 valence electrons. The third-order valence-corrected chi connectivity index (χ3v) is 5.70. The zero-order valence-electron chi connectivity index (χ0n) is 19.5. The maximum Gasteiger partial charge on any atom is 0.336 e. The number of hydrogen-bond donors (Lipinski definition) is 2. The Balaban J connectivity index is 0.000000209. The third kappa shape index (κ3) is 8.26. The van der Waals surface area contributed by atoms with Crippen molar-refractivity contribution < 1.29 is 39.5 Å². The number of piperidine rings is 3. The summed E-state index contributed by atoms with van der Waals surface area (Å²) in [6, 6.07) is 4.44. The van der Waals surface area contributed by atoms with E-state index in [2.05, 4.69) is 4.90 Å². The van der Waals surface area contributed by atoms with Crippen LogP contribution in [-0.4, -0.2) is 66.4 Å². The Bertz CT molecular complexity index is 1010. The van der Waals surface area contributed by atoms with E-state index in [1.54, 1.807) is 0 Å². The third-order valence-electron chi connectivity index (χ3n) is 5.70. The second kappa shape index (κ2) is 12.8. The molecule has 0 spiro atoms. The summed E-state index contributed by atoms with van der Waals surface area (Å²) in [4.78, 5) is 61.4. The van der Waals surface area contributed by atoms with Crippen molar-refractivity contribution in [1.82, 2.24) is 4.90 Å². The molecule has 17 heteroatoms. The molecule has 38 heavy (non-hydrogen) atoms. The molecule has 0 unspecified atom stereocenters. The number of carboxylic acids is 2. The van der Waals surface area contributed by atoms with Gasteiger partial charge in [0.25, 0.3) is 22.7 Å². The number of nitro benzene ring substituents is 4. The first-order chi connectivity index (χ1) is 17.8. The number of nitro groups is 4. The molecule has 0 amide bonds. The molecule has 0 aliphatic carbocycles. The van der Waals surface area contributed by atoms with Gasteiger partial charge in [0.05, 0.1) is 43.0 Å². The van der Waals surface area contributed by atoms with Gasteiger partial charge in [-0.15, -0.1) is 0 Å². The monoisotopic (exact) mass is 535 g/mol. The van der Waals surface area contributed by atoms with E-state index in [0.717, 1.165) is 30.2 Å². The Morgan fingerprint density at radius 1 is 0.605 bits per heavy atom. The van der Waals surface area contributed by atoms with Crippen molar-refractivity contribution in [2.24, 2.45) is 5.92 Å². The molecule has 2 N–H and O–H groups in total. The van der Waals surface area contributed by atoms with Crippen molar-refractivity contribution in [2.45, 2.75) is 19.3 Å². The van der Waals surface area contributed by atoms with Gasteiger partial charge in [-0.25, -0.2) is 9.59 Å². The summed E-state index contributed by atoms with van der Waals surface area (Å²) >= 11 is 0. The quantitative estimate of drug-likeness (QED) is 0.397. The molecule has 0 saturated carbocycles. The summed E-state index contributed by atoms with van der Waals surface area (Å²) in [6.45, 7) is 4.18. The average molecular weight is 535 g/mol. The van der Waals surface area contributed by atoms with E-state index < -0.39 is 65.5 Å². The van der Waals surface area contributed by atoms with Gasteiger partial charge in [-0.05, 0) is 44.8 Å². The molecule has 3 heterocycles. The van der Waals surface area contributed by atoms with E-state index in [1.165, 1.54) is 38.9 Å². The number of nitrogens with zero attached hydrogens (tertiary/aromatic N) is 5. The fourth-order valence-electron chi connectivity index (χ4n) is 3.72. The van der Waals surface area contributed by atoms with Gasteiger partial charge in [-0.3, -0.25) is 40.5 Å². The van der Waals surface area contributed by atoms with Gasteiger partial charge >= 0.3 is 11.9 Å². The Hall–Kier alpha value is -5.06. The SMILES string of the molecule is C1CN2CCC1CC2.O=C(O)c1cc([N+](=O)[O-])cc([N+](=O)[O-])c1.O=C(O)c1cc([N+](=O)[O-])cc([N+](=O)[O-])c1. The number of fused-ring (bicyclic) bond motifs is 3. The van der Waals surface area contributed by atoms with Gasteiger partial charge in [-0.1, -0.05) is 0 Å². The number of non-ortho nitro benzene ring substituents is 4. The van der Waals surface area contributed by atoms with E-state index in [1.807, 2.05) is 0 Å². The van der Waals surface area contributed by atoms with Gasteiger partial charge in [0.2, 0.25) is 0 Å². The van der Waals surface area contributed by atoms with E-state index >= 15 is 0 Å². The summed E-state index contributed by atoms with van der Waals surface area (Å²) in [7, 11) is 0. The van der Waals surface area contributed by atoms with Crippen LogP contribution in [0.25, 0.3) is 0 Å². The first-order valence-corrected chi connectivity index (χ1v) is 10.8. The van der Waals surface area contributed by atoms with Crippen molar-refractivity contribution in [3.05, 3.63) is 88.0 Å². The summed E-state index contributed by atoms with van der Waals surface area (Å²) in [5.74, 6) is -1.80. The number of carbonyl (C=O) groups is 2. The van der Waals surface area contributed by atoms with Crippen molar-refractivity contribution in [2.75, 3.05) is 19.6 Å². The molecule has 5 rings (SSSR count). The lowest BCUT2D eigenvalue weighted by atomic mass is 9.89. The largest absolute Gasteiger partial charge is 0.478 e. The van der Waals surface area contributed by atoms with Gasteiger partial charge < -0.3 is 15.1 Å². The summed E-state index contributed by atoms with van der Waals surface area (Å²) in [5, 5.41) is 58.5. The first kappa shape index (κ1) is 29.2. The zero-order valence-corrected chi connectivity index (χ0v) is 19.5. The zero-order chi connectivity index (χ0) is 28.6. The fourth-order valence-corrected chi connectivity index (χ4v) is 3.72. The van der Waals surface area contributed by atoms with Crippen LogP contribution in [0.1, 0.15) is 40.0 Å². The number of aromatic carboxylic acids is 2. The molecule has 0 atom stereocenters. The molecule has 17 nitrogen and oxygen atoms in total. The Labute approximate surface area is 212 Å². The Morgan fingerprint density at radius 2 is 0.868 bits per heavy atom. The summed E-state index contributed by atoms with van der Waals surface area (Å²) in [5.41, 5.74) is -3.47. The lowest BCUT2D eigenvalue weighted by molar-refractivity contribution is -0.394. The molecule has 0 radical (unpaired) electrons. The minimum absolute atomic E-state index is 0.490. The number of rotatable bonds is 6. The lowest BCUT2D eigenvalue weighted by Gasteiger charge is -2.38. The maximum absolute atomic E-state index is 10.5. The molecule has 3 saturated heterocycles. The molecular formula is C21H21N5O12. The lowest BCUT2D eigenvalue weighted by Crippen LogP contribution is -2.41. The van der Waals surface area contributed by atoms with E-state index in [9.17, 15) is 50.0 Å². The van der Waals surface area contributed by atoms with Gasteiger partial charge in [0.1, 0.15) is 0 Å². The first-order valence-electron chi connectivity index (χ1n) is 10.8. The number of hydrogen-bond acceptors (Lipinski definition) is 11. The molecule has 2 aromatic carbocycles. The number of benzene rings is 2. The molecule has 2 aromatic rings. The summed E-state index contributed by atoms with van der Waals surface area (Å²) in [6.07, 6.45) is 4.46. The normalized spacial score (nSPS) is 17.1. The highest BCUT2D eigenvalue weighted by Crippen LogP contribution is 2.26. The fraction of sp³-hybridized carbons (Fsp3) is 0.333. The highest BCUT2D eigenvalue weighted by Gasteiger charge is 2.24. The molecule has 3 aliphatic heterocycles. The summed E-state index contributed by atoms with van der Waals surface area (Å²) < 4.78 is 0. The van der Waals surface area contributed by atoms with E-state index in [0.29, 0.717) is 12.1 Å². The van der Waals surface area contributed by atoms with Crippen LogP contribution < -0.4 is 0 Å². The van der Waals surface area contributed by atoms with Gasteiger partial charge in [-0.2, -0.15) is 0 Å². The highest BCUT2D eigenvalue weighted by atomic mass is 16.6. The standard InChI is InChI=1S/2C7H4N2O6.C7H13N/c2*10-7(11)4-1-5(8(12)13)3-6(2-4)9(14)15;1-4-8-5-2-7(1)3-6-8/h2*1-3H,(H,10,11);7H,1-6H2. The van der Waals surface area contributed by atoms with Gasteiger partial charge in [0.15, 0.2) is 0 Å². The molecular weight excluding hydrogens is 514 g/mol. The van der Waals surface area contributed by atoms with Crippen molar-refractivity contribution >= 4 is 34.7 Å². The van der Waals surface area contributed by atoms with Gasteiger partial charge in [0, 0.05) is 24.3 Å². The maximum atomic E-state index is 10.5. The molecule has 3 fully saturated rings. The number of carboxylic acid groups (broad SMARTS) is 2. The van der Waals surface area contributed by atoms with Crippen LogP contribution in [0.5, 0.6) is 0 Å². The van der Waals surface area contributed by atoms with Crippen LogP contribution in [0.3, 0.4) is 0 Å². The van der Waals surface area contributed by atoms with Crippen LogP contribution in [0.4, 0.5) is 22.7 Å². The predicted octanol–water partition coefficient (Wildman–Crippen LogP) is 3.50. The second-order valence-electron chi connectivity index (χ2n) is 8.19. The second-order valence-corrected chi connectivity index (χ2v) is 8.19. The minimum Gasteiger partial charge on any atom is -0.478 e. The Kier molecular flexibility index (Phi) is 9.80. The smallest absolute Gasteiger partial charge is 0.336 e. The minimum atomic E-state index is -1.46. The van der Waals surface area contributed by atoms with Crippen LogP contribution >= 0.6 is 0 Å². The topological polar surface area (TPSA) is 250 Å². The van der Waals surface area contributed by atoms with Crippen molar-refractivity contribution in [1.29, 1.82) is 0 Å². The molecule has 2 bridgehead atoms. The van der Waals surface area contributed by atoms with Crippen LogP contribution in [0.15, 0.2) is 36.4 Å². The predicted molar refractivity (Wildman–Crippen MR) is 127 cm³/mol. The van der Waals surface area contributed by atoms with Crippen molar-refractivity contribution in [3.8, 4) is 0 Å². The van der Waals surface area contributed by atoms with E-state index in [4.69, 9.17) is 10.2 Å². The van der Waals surface area contributed by atoms with Crippen LogP contribution in [-0.2, 0) is 0 Å². The van der Waals surface area contributed by atoms with Crippen LogP contribution in [0.2, 0.25) is 0 Å². The molecule has 0 aromatic heterocycles.